The molecule has 0 aliphatic heterocycles. The van der Waals surface area contributed by atoms with Gasteiger partial charge in [0.15, 0.2) is 0 Å². The summed E-state index contributed by atoms with van der Waals surface area (Å²) in [4.78, 5) is 12.4. The molecule has 0 fully saturated rings. The van der Waals surface area contributed by atoms with Gasteiger partial charge in [-0.3, -0.25) is 9.89 Å². The van der Waals surface area contributed by atoms with E-state index in [4.69, 9.17) is 0 Å². The van der Waals surface area contributed by atoms with Crippen LogP contribution in [0.15, 0.2) is 72.8 Å². The molecule has 0 aliphatic carbocycles. The molecule has 0 aliphatic rings. The maximum absolute atomic E-state index is 12.8. The minimum atomic E-state index is -4.48. The number of hydrogen-bond acceptors (Lipinski definition) is 2. The molecule has 1 heterocycles. The van der Waals surface area contributed by atoms with E-state index in [1.807, 2.05) is 42.5 Å². The van der Waals surface area contributed by atoms with Crippen molar-refractivity contribution in [3.8, 4) is 11.3 Å². The van der Waals surface area contributed by atoms with E-state index < -0.39 is 17.6 Å². The first-order chi connectivity index (χ1) is 13.4. The smallest absolute Gasteiger partial charge is 0.321 e. The van der Waals surface area contributed by atoms with Crippen LogP contribution in [0, 0.1) is 0 Å². The lowest BCUT2D eigenvalue weighted by atomic mass is 10.0. The van der Waals surface area contributed by atoms with Crippen molar-refractivity contribution in [3.63, 3.8) is 0 Å². The summed E-state index contributed by atoms with van der Waals surface area (Å²) in [5.74, 6) is -0.571. The molecular formula is C21H14F3N3O. The molecule has 0 spiro atoms. The summed E-state index contributed by atoms with van der Waals surface area (Å²) in [6, 6.07) is 19.6. The molecule has 0 saturated carbocycles. The Kier molecular flexibility index (Phi) is 4.35. The maximum Gasteiger partial charge on any atom is 0.416 e. The first-order valence-corrected chi connectivity index (χ1v) is 8.44. The van der Waals surface area contributed by atoms with Gasteiger partial charge < -0.3 is 5.32 Å². The molecule has 0 bridgehead atoms. The van der Waals surface area contributed by atoms with Gasteiger partial charge in [0.1, 0.15) is 5.69 Å². The topological polar surface area (TPSA) is 57.8 Å². The van der Waals surface area contributed by atoms with Gasteiger partial charge in [0.25, 0.3) is 5.91 Å². The number of carbonyl (C=O) groups excluding carboxylic acids is 1. The molecule has 4 rings (SSSR count). The third kappa shape index (κ3) is 3.46. The van der Waals surface area contributed by atoms with Crippen LogP contribution in [-0.4, -0.2) is 16.1 Å². The number of aromatic nitrogens is 2. The van der Waals surface area contributed by atoms with E-state index in [0.717, 1.165) is 28.5 Å². The second kappa shape index (κ2) is 6.84. The van der Waals surface area contributed by atoms with Crippen molar-refractivity contribution >= 4 is 22.4 Å². The third-order valence-electron chi connectivity index (χ3n) is 4.34. The van der Waals surface area contributed by atoms with Crippen LogP contribution in [0.1, 0.15) is 16.1 Å². The minimum Gasteiger partial charge on any atom is -0.321 e. The molecule has 28 heavy (non-hydrogen) atoms. The van der Waals surface area contributed by atoms with Gasteiger partial charge in [0.05, 0.1) is 11.3 Å². The summed E-state index contributed by atoms with van der Waals surface area (Å²) in [5, 5.41) is 11.3. The molecule has 3 aromatic carbocycles. The zero-order valence-electron chi connectivity index (χ0n) is 14.4. The van der Waals surface area contributed by atoms with Gasteiger partial charge in [-0.2, -0.15) is 18.3 Å². The lowest BCUT2D eigenvalue weighted by Crippen LogP contribution is -2.13. The van der Waals surface area contributed by atoms with Crippen molar-refractivity contribution in [2.24, 2.45) is 0 Å². The van der Waals surface area contributed by atoms with Gasteiger partial charge in [-0.15, -0.1) is 0 Å². The van der Waals surface area contributed by atoms with Gasteiger partial charge >= 0.3 is 6.18 Å². The Hall–Kier alpha value is -3.61. The predicted octanol–water partition coefficient (Wildman–Crippen LogP) is 5.50. The van der Waals surface area contributed by atoms with Gasteiger partial charge in [-0.25, -0.2) is 0 Å². The highest BCUT2D eigenvalue weighted by molar-refractivity contribution is 6.04. The normalized spacial score (nSPS) is 11.5. The summed E-state index contributed by atoms with van der Waals surface area (Å²) >= 11 is 0. The third-order valence-corrected chi connectivity index (χ3v) is 4.34. The van der Waals surface area contributed by atoms with Crippen LogP contribution in [0.5, 0.6) is 0 Å². The monoisotopic (exact) mass is 381 g/mol. The Labute approximate surface area is 158 Å². The molecule has 7 heteroatoms. The van der Waals surface area contributed by atoms with Crippen LogP contribution in [0.25, 0.3) is 22.0 Å². The first kappa shape index (κ1) is 17.8. The van der Waals surface area contributed by atoms with Gasteiger partial charge in [-0.1, -0.05) is 48.5 Å². The van der Waals surface area contributed by atoms with Crippen LogP contribution in [0.2, 0.25) is 0 Å². The number of benzene rings is 3. The highest BCUT2D eigenvalue weighted by atomic mass is 19.4. The summed E-state index contributed by atoms with van der Waals surface area (Å²) in [6.45, 7) is 0. The van der Waals surface area contributed by atoms with Gasteiger partial charge in [0, 0.05) is 11.3 Å². The Morgan fingerprint density at radius 3 is 2.50 bits per heavy atom. The molecular weight excluding hydrogens is 367 g/mol. The van der Waals surface area contributed by atoms with Crippen molar-refractivity contribution in [1.29, 1.82) is 0 Å². The van der Waals surface area contributed by atoms with Crippen LogP contribution in [0.4, 0.5) is 18.9 Å². The molecule has 1 amide bonds. The number of hydrogen-bond donors (Lipinski definition) is 2. The molecule has 0 unspecified atom stereocenters. The maximum atomic E-state index is 12.8. The molecule has 0 saturated heterocycles. The van der Waals surface area contributed by atoms with Crippen molar-refractivity contribution in [2.45, 2.75) is 6.18 Å². The average Bonchev–Trinajstić information content (AvgIpc) is 3.17. The lowest BCUT2D eigenvalue weighted by molar-refractivity contribution is -0.137. The number of nitrogens with one attached hydrogen (secondary N) is 2. The Bertz CT molecular complexity index is 1160. The molecule has 4 aromatic rings. The fourth-order valence-corrected chi connectivity index (χ4v) is 3.00. The first-order valence-electron chi connectivity index (χ1n) is 8.44. The fraction of sp³-hybridized carbons (Fsp3) is 0.0476. The zero-order valence-corrected chi connectivity index (χ0v) is 14.4. The number of carbonyl (C=O) groups is 1. The molecule has 140 valence electrons. The lowest BCUT2D eigenvalue weighted by Gasteiger charge is -2.09. The number of nitrogens with zero attached hydrogens (tertiary/aromatic N) is 1. The summed E-state index contributed by atoms with van der Waals surface area (Å²) in [5.41, 5.74) is 0.811. The molecule has 4 nitrogen and oxygen atoms in total. The number of H-pyrrole nitrogens is 1. The highest BCUT2D eigenvalue weighted by Crippen LogP contribution is 2.31. The van der Waals surface area contributed by atoms with Crippen molar-refractivity contribution in [2.75, 3.05) is 5.32 Å². The number of rotatable bonds is 3. The number of fused-ring (bicyclic) bond motifs is 1. The number of amides is 1. The molecule has 2 N–H and O–H groups in total. The van der Waals surface area contributed by atoms with Crippen molar-refractivity contribution in [1.82, 2.24) is 10.2 Å². The summed E-state index contributed by atoms with van der Waals surface area (Å²) in [7, 11) is 0. The molecule has 1 aromatic heterocycles. The second-order valence-electron chi connectivity index (χ2n) is 6.23. The van der Waals surface area contributed by atoms with Gasteiger partial charge in [-0.05, 0) is 35.0 Å². The predicted molar refractivity (Wildman–Crippen MR) is 101 cm³/mol. The molecule has 0 atom stereocenters. The van der Waals surface area contributed by atoms with E-state index in [9.17, 15) is 18.0 Å². The largest absolute Gasteiger partial charge is 0.416 e. The Balaban J connectivity index is 1.60. The Morgan fingerprint density at radius 2 is 1.68 bits per heavy atom. The van der Waals surface area contributed by atoms with E-state index in [-0.39, 0.29) is 11.4 Å². The van der Waals surface area contributed by atoms with E-state index >= 15 is 0 Å². The number of halogens is 3. The fourth-order valence-electron chi connectivity index (χ4n) is 3.00. The SMILES string of the molecule is O=C(Nc1cccc(C(F)(F)F)c1)c1cc(-c2cccc3ccccc23)n[nH]1. The Morgan fingerprint density at radius 1 is 0.929 bits per heavy atom. The van der Waals surface area contributed by atoms with Crippen LogP contribution in [-0.2, 0) is 6.18 Å². The second-order valence-corrected chi connectivity index (χ2v) is 6.23. The highest BCUT2D eigenvalue weighted by Gasteiger charge is 2.30. The number of anilines is 1. The molecule has 0 radical (unpaired) electrons. The minimum absolute atomic E-state index is 0.0566. The van der Waals surface area contributed by atoms with Crippen LogP contribution in [0.3, 0.4) is 0 Å². The standard InChI is InChI=1S/C21H14F3N3O/c22-21(23,24)14-7-4-8-15(11-14)25-20(28)19-12-18(26-27-19)17-10-3-6-13-5-1-2-9-16(13)17/h1-12H,(H,25,28)(H,26,27). The summed E-state index contributed by atoms with van der Waals surface area (Å²) in [6.07, 6.45) is -4.48. The van der Waals surface area contributed by atoms with Crippen molar-refractivity contribution < 1.29 is 18.0 Å². The number of alkyl halides is 3. The van der Waals surface area contributed by atoms with Crippen molar-refractivity contribution in [3.05, 3.63) is 84.1 Å². The van der Waals surface area contributed by atoms with E-state index in [1.54, 1.807) is 6.07 Å². The average molecular weight is 381 g/mol. The van der Waals surface area contributed by atoms with Crippen LogP contribution >= 0.6 is 0 Å². The summed E-state index contributed by atoms with van der Waals surface area (Å²) < 4.78 is 38.5. The quantitative estimate of drug-likeness (QED) is 0.492. The van der Waals surface area contributed by atoms with Gasteiger partial charge in [0.2, 0.25) is 0 Å². The van der Waals surface area contributed by atoms with E-state index in [1.165, 1.54) is 12.1 Å². The van der Waals surface area contributed by atoms with Crippen LogP contribution < -0.4 is 5.32 Å². The van der Waals surface area contributed by atoms with E-state index in [0.29, 0.717) is 5.69 Å². The zero-order chi connectivity index (χ0) is 19.7. The number of aromatic amines is 1. The van der Waals surface area contributed by atoms with E-state index in [2.05, 4.69) is 15.5 Å².